The highest BCUT2D eigenvalue weighted by atomic mass is 16.5. The van der Waals surface area contributed by atoms with Gasteiger partial charge in [0.15, 0.2) is 0 Å². The summed E-state index contributed by atoms with van der Waals surface area (Å²) in [7, 11) is 0. The Bertz CT molecular complexity index is 247. The van der Waals surface area contributed by atoms with Gasteiger partial charge >= 0.3 is 5.97 Å². The molecule has 0 radical (unpaired) electrons. The molecule has 0 aromatic rings. The van der Waals surface area contributed by atoms with Crippen LogP contribution in [0.1, 0.15) is 25.7 Å². The Morgan fingerprint density at radius 3 is 3.00 bits per heavy atom. The van der Waals surface area contributed by atoms with E-state index in [0.29, 0.717) is 19.4 Å². The Morgan fingerprint density at radius 1 is 1.62 bits per heavy atom. The second-order valence-corrected chi connectivity index (χ2v) is 3.79. The van der Waals surface area contributed by atoms with E-state index in [2.05, 4.69) is 0 Å². The highest BCUT2D eigenvalue weighted by Crippen LogP contribution is 2.34. The Balaban J connectivity index is 2.17. The molecule has 0 amide bonds. The van der Waals surface area contributed by atoms with Crippen LogP contribution in [0.2, 0.25) is 0 Å². The Hall–Kier alpha value is -0.830. The van der Waals surface area contributed by atoms with Gasteiger partial charge in [0.1, 0.15) is 0 Å². The van der Waals surface area contributed by atoms with E-state index >= 15 is 0 Å². The topological polar surface area (TPSA) is 46.5 Å². The SMILES string of the molecule is O=C1OCCC1C1(O)C=CCCC1. The minimum absolute atomic E-state index is 0.242. The second kappa shape index (κ2) is 3.14. The van der Waals surface area contributed by atoms with Crippen LogP contribution in [0.25, 0.3) is 0 Å². The molecule has 1 fully saturated rings. The molecule has 3 heteroatoms. The Labute approximate surface area is 77.4 Å². The molecule has 2 atom stereocenters. The zero-order chi connectivity index (χ0) is 9.31. The Kier molecular flexibility index (Phi) is 2.12. The number of allylic oxidation sites excluding steroid dienone is 1. The first kappa shape index (κ1) is 8.75. The quantitative estimate of drug-likeness (QED) is 0.486. The molecule has 2 unspecified atom stereocenters. The summed E-state index contributed by atoms with van der Waals surface area (Å²) in [6.45, 7) is 0.458. The molecule has 2 aliphatic rings. The lowest BCUT2D eigenvalue weighted by Gasteiger charge is -2.30. The maximum Gasteiger partial charge on any atom is 0.312 e. The molecule has 13 heavy (non-hydrogen) atoms. The number of carbonyl (C=O) groups is 1. The zero-order valence-corrected chi connectivity index (χ0v) is 7.53. The average Bonchev–Trinajstić information content (AvgIpc) is 2.53. The van der Waals surface area contributed by atoms with Crippen LogP contribution in [0.15, 0.2) is 12.2 Å². The fraction of sp³-hybridized carbons (Fsp3) is 0.700. The maximum atomic E-state index is 11.3. The molecule has 72 valence electrons. The van der Waals surface area contributed by atoms with Gasteiger partial charge < -0.3 is 9.84 Å². The van der Waals surface area contributed by atoms with E-state index < -0.39 is 5.60 Å². The molecule has 1 aliphatic carbocycles. The van der Waals surface area contributed by atoms with Crippen molar-refractivity contribution in [3.8, 4) is 0 Å². The molecule has 3 nitrogen and oxygen atoms in total. The molecular formula is C10H14O3. The summed E-state index contributed by atoms with van der Waals surface area (Å²) >= 11 is 0. The van der Waals surface area contributed by atoms with Crippen LogP contribution in [0.4, 0.5) is 0 Å². The number of hydrogen-bond donors (Lipinski definition) is 1. The van der Waals surface area contributed by atoms with Gasteiger partial charge in [0.25, 0.3) is 0 Å². The third kappa shape index (κ3) is 1.48. The number of esters is 1. The summed E-state index contributed by atoms with van der Waals surface area (Å²) in [5.41, 5.74) is -0.925. The molecule has 1 aliphatic heterocycles. The third-order valence-electron chi connectivity index (χ3n) is 2.89. The largest absolute Gasteiger partial charge is 0.465 e. The summed E-state index contributed by atoms with van der Waals surface area (Å²) in [5.74, 6) is -0.571. The van der Waals surface area contributed by atoms with Crippen LogP contribution in [0.5, 0.6) is 0 Å². The monoisotopic (exact) mass is 182 g/mol. The van der Waals surface area contributed by atoms with Crippen molar-refractivity contribution in [2.24, 2.45) is 5.92 Å². The highest BCUT2D eigenvalue weighted by molar-refractivity contribution is 5.76. The van der Waals surface area contributed by atoms with Gasteiger partial charge in [-0.15, -0.1) is 0 Å². The predicted octanol–water partition coefficient (Wildman–Crippen LogP) is 1.02. The van der Waals surface area contributed by atoms with E-state index in [1.165, 1.54) is 0 Å². The molecule has 0 bridgehead atoms. The fourth-order valence-electron chi connectivity index (χ4n) is 2.11. The van der Waals surface area contributed by atoms with Gasteiger partial charge in [0.2, 0.25) is 0 Å². The fourth-order valence-corrected chi connectivity index (χ4v) is 2.11. The number of hydrogen-bond acceptors (Lipinski definition) is 3. The molecular weight excluding hydrogens is 168 g/mol. The van der Waals surface area contributed by atoms with Crippen molar-refractivity contribution < 1.29 is 14.6 Å². The molecule has 0 aromatic carbocycles. The average molecular weight is 182 g/mol. The van der Waals surface area contributed by atoms with Crippen molar-refractivity contribution in [3.05, 3.63) is 12.2 Å². The lowest BCUT2D eigenvalue weighted by molar-refractivity contribution is -0.146. The van der Waals surface area contributed by atoms with E-state index in [1.54, 1.807) is 6.08 Å². The summed E-state index contributed by atoms with van der Waals surface area (Å²) in [4.78, 5) is 11.3. The summed E-state index contributed by atoms with van der Waals surface area (Å²) in [6.07, 6.45) is 7.02. The number of carbonyl (C=O) groups excluding carboxylic acids is 1. The van der Waals surface area contributed by atoms with Crippen LogP contribution in [-0.2, 0) is 9.53 Å². The molecule has 1 saturated heterocycles. The maximum absolute atomic E-state index is 11.3. The summed E-state index contributed by atoms with van der Waals surface area (Å²) in [6, 6.07) is 0. The Morgan fingerprint density at radius 2 is 2.46 bits per heavy atom. The van der Waals surface area contributed by atoms with Gasteiger partial charge in [0, 0.05) is 0 Å². The number of rotatable bonds is 1. The first-order chi connectivity index (χ1) is 6.22. The van der Waals surface area contributed by atoms with Gasteiger partial charge in [-0.25, -0.2) is 0 Å². The molecule has 1 N–H and O–H groups in total. The van der Waals surface area contributed by atoms with Gasteiger partial charge in [-0.3, -0.25) is 4.79 Å². The van der Waals surface area contributed by atoms with Crippen LogP contribution < -0.4 is 0 Å². The summed E-state index contributed by atoms with van der Waals surface area (Å²) in [5, 5.41) is 10.2. The van der Waals surface area contributed by atoms with Crippen molar-refractivity contribution in [1.29, 1.82) is 0 Å². The van der Waals surface area contributed by atoms with Gasteiger partial charge in [-0.2, -0.15) is 0 Å². The molecule has 0 spiro atoms. The zero-order valence-electron chi connectivity index (χ0n) is 7.53. The molecule has 0 aromatic heterocycles. The van der Waals surface area contributed by atoms with Crippen molar-refractivity contribution in [2.45, 2.75) is 31.3 Å². The normalized spacial score (nSPS) is 39.2. The van der Waals surface area contributed by atoms with Gasteiger partial charge in [0.05, 0.1) is 18.1 Å². The first-order valence-electron chi connectivity index (χ1n) is 4.79. The lowest BCUT2D eigenvalue weighted by atomic mass is 9.79. The van der Waals surface area contributed by atoms with E-state index in [0.717, 1.165) is 12.8 Å². The van der Waals surface area contributed by atoms with E-state index in [-0.39, 0.29) is 11.9 Å². The van der Waals surface area contributed by atoms with Crippen LogP contribution in [0.3, 0.4) is 0 Å². The summed E-state index contributed by atoms with van der Waals surface area (Å²) < 4.78 is 4.85. The lowest BCUT2D eigenvalue weighted by Crippen LogP contribution is -2.39. The van der Waals surface area contributed by atoms with Crippen molar-refractivity contribution >= 4 is 5.97 Å². The van der Waals surface area contributed by atoms with Crippen molar-refractivity contribution in [3.63, 3.8) is 0 Å². The third-order valence-corrected chi connectivity index (χ3v) is 2.89. The number of aliphatic hydroxyl groups is 1. The highest BCUT2D eigenvalue weighted by Gasteiger charge is 2.43. The molecule has 0 saturated carbocycles. The van der Waals surface area contributed by atoms with Gasteiger partial charge in [-0.1, -0.05) is 12.2 Å². The second-order valence-electron chi connectivity index (χ2n) is 3.79. The minimum atomic E-state index is -0.925. The predicted molar refractivity (Wildman–Crippen MR) is 47.0 cm³/mol. The van der Waals surface area contributed by atoms with Crippen molar-refractivity contribution in [1.82, 2.24) is 0 Å². The van der Waals surface area contributed by atoms with E-state index in [9.17, 15) is 9.90 Å². The standard InChI is InChI=1S/C10H14O3/c11-9-8(4-7-13-9)10(12)5-2-1-3-6-10/h2,5,8,12H,1,3-4,6-7H2. The van der Waals surface area contributed by atoms with Crippen LogP contribution in [0, 0.1) is 5.92 Å². The smallest absolute Gasteiger partial charge is 0.312 e. The number of cyclic esters (lactones) is 1. The van der Waals surface area contributed by atoms with E-state index in [4.69, 9.17) is 4.74 Å². The minimum Gasteiger partial charge on any atom is -0.465 e. The van der Waals surface area contributed by atoms with Crippen molar-refractivity contribution in [2.75, 3.05) is 6.61 Å². The first-order valence-corrected chi connectivity index (χ1v) is 4.79. The number of ether oxygens (including phenoxy) is 1. The van der Waals surface area contributed by atoms with Crippen LogP contribution in [-0.4, -0.2) is 23.3 Å². The molecule has 1 heterocycles. The molecule has 2 rings (SSSR count). The van der Waals surface area contributed by atoms with Gasteiger partial charge in [-0.05, 0) is 25.7 Å². The van der Waals surface area contributed by atoms with E-state index in [1.807, 2.05) is 6.08 Å². The van der Waals surface area contributed by atoms with Crippen LogP contribution >= 0.6 is 0 Å².